The van der Waals surface area contributed by atoms with Crippen LogP contribution in [0.4, 0.5) is 0 Å². The van der Waals surface area contributed by atoms with Crippen molar-refractivity contribution in [1.29, 1.82) is 0 Å². The first kappa shape index (κ1) is 24.4. The molecule has 0 fully saturated rings. The Morgan fingerprint density at radius 1 is 0.640 bits per heavy atom. The predicted molar refractivity (Wildman–Crippen MR) is 104 cm³/mol. The smallest absolute Gasteiger partial charge is 0.303 e. The highest BCUT2D eigenvalue weighted by Crippen LogP contribution is 2.15. The van der Waals surface area contributed by atoms with Crippen molar-refractivity contribution < 1.29 is 20.1 Å². The van der Waals surface area contributed by atoms with Gasteiger partial charge in [0.1, 0.15) is 0 Å². The van der Waals surface area contributed by atoms with Crippen LogP contribution in [-0.2, 0) is 4.79 Å². The molecule has 3 N–H and O–H groups in total. The zero-order valence-corrected chi connectivity index (χ0v) is 16.4. The summed E-state index contributed by atoms with van der Waals surface area (Å²) in [6, 6.07) is 0. The third-order valence-electron chi connectivity index (χ3n) is 4.90. The van der Waals surface area contributed by atoms with Crippen LogP contribution in [0.1, 0.15) is 116 Å². The largest absolute Gasteiger partial charge is 0.481 e. The molecular formula is C21H42O4. The van der Waals surface area contributed by atoms with Gasteiger partial charge in [-0.15, -0.1) is 0 Å². The number of unbranched alkanes of at least 4 members (excludes halogenated alkanes) is 10. The summed E-state index contributed by atoms with van der Waals surface area (Å²) in [5.41, 5.74) is 0. The molecule has 4 nitrogen and oxygen atoms in total. The van der Waals surface area contributed by atoms with Crippen molar-refractivity contribution in [2.45, 2.75) is 128 Å². The normalized spacial score (nSPS) is 13.7. The average Bonchev–Trinajstić information content (AvgIpc) is 2.58. The van der Waals surface area contributed by atoms with Crippen molar-refractivity contribution in [3.05, 3.63) is 0 Å². The average molecular weight is 359 g/mol. The minimum atomic E-state index is -0.699. The Morgan fingerprint density at radius 3 is 1.48 bits per heavy atom. The summed E-state index contributed by atoms with van der Waals surface area (Å²) >= 11 is 0. The molecule has 0 spiro atoms. The van der Waals surface area contributed by atoms with Crippen molar-refractivity contribution >= 4 is 5.97 Å². The minimum absolute atomic E-state index is 0.248. The summed E-state index contributed by atoms with van der Waals surface area (Å²) in [5, 5.41) is 28.5. The van der Waals surface area contributed by atoms with E-state index < -0.39 is 5.97 Å². The number of aliphatic hydroxyl groups is 2. The van der Waals surface area contributed by atoms with Gasteiger partial charge in [0, 0.05) is 6.42 Å². The molecule has 0 aromatic heterocycles. The van der Waals surface area contributed by atoms with E-state index in [4.69, 9.17) is 5.11 Å². The van der Waals surface area contributed by atoms with Crippen molar-refractivity contribution in [3.63, 3.8) is 0 Å². The zero-order valence-electron chi connectivity index (χ0n) is 16.4. The van der Waals surface area contributed by atoms with Gasteiger partial charge in [-0.05, 0) is 32.1 Å². The monoisotopic (exact) mass is 358 g/mol. The Bertz CT molecular complexity index is 294. The highest BCUT2D eigenvalue weighted by molar-refractivity contribution is 5.66. The Balaban J connectivity index is 3.32. The molecule has 0 rings (SSSR count). The molecule has 0 saturated heterocycles. The number of carboxylic acid groups (broad SMARTS) is 1. The van der Waals surface area contributed by atoms with Crippen LogP contribution in [0.3, 0.4) is 0 Å². The molecule has 0 heterocycles. The predicted octanol–water partition coefficient (Wildman–Crippen LogP) is 5.44. The van der Waals surface area contributed by atoms with Crippen LogP contribution in [-0.4, -0.2) is 33.5 Å². The van der Waals surface area contributed by atoms with Crippen molar-refractivity contribution in [2.24, 2.45) is 0 Å². The standard InChI is InChI=1S/C21H42O4/c1-2-3-4-8-11-14-19(22)17-18-20(23)15-12-9-6-5-7-10-13-16-21(24)25/h19-20,22-23H,2-18H2,1H3,(H,24,25). The Hall–Kier alpha value is -0.610. The molecule has 0 aliphatic heterocycles. The van der Waals surface area contributed by atoms with Crippen LogP contribution < -0.4 is 0 Å². The van der Waals surface area contributed by atoms with Gasteiger partial charge in [-0.3, -0.25) is 4.79 Å². The second-order valence-electron chi connectivity index (χ2n) is 7.50. The van der Waals surface area contributed by atoms with Gasteiger partial charge in [-0.25, -0.2) is 0 Å². The van der Waals surface area contributed by atoms with E-state index in [1.54, 1.807) is 0 Å². The van der Waals surface area contributed by atoms with Gasteiger partial charge < -0.3 is 15.3 Å². The summed E-state index contributed by atoms with van der Waals surface area (Å²) in [4.78, 5) is 10.4. The van der Waals surface area contributed by atoms with Crippen LogP contribution in [0.5, 0.6) is 0 Å². The maximum absolute atomic E-state index is 10.4. The number of hydrogen-bond acceptors (Lipinski definition) is 3. The Kier molecular flexibility index (Phi) is 17.7. The second-order valence-corrected chi connectivity index (χ2v) is 7.50. The van der Waals surface area contributed by atoms with Crippen LogP contribution in [0.25, 0.3) is 0 Å². The fourth-order valence-electron chi connectivity index (χ4n) is 3.20. The van der Waals surface area contributed by atoms with Crippen molar-refractivity contribution in [1.82, 2.24) is 0 Å². The van der Waals surface area contributed by atoms with Crippen molar-refractivity contribution in [3.8, 4) is 0 Å². The van der Waals surface area contributed by atoms with Crippen LogP contribution in [0.15, 0.2) is 0 Å². The Morgan fingerprint density at radius 2 is 1.04 bits per heavy atom. The summed E-state index contributed by atoms with van der Waals surface area (Å²) in [5.74, 6) is -0.699. The molecule has 0 aromatic carbocycles. The molecule has 0 aliphatic carbocycles. The molecule has 25 heavy (non-hydrogen) atoms. The van der Waals surface area contributed by atoms with E-state index in [0.717, 1.165) is 64.2 Å². The molecule has 0 aromatic rings. The third kappa shape index (κ3) is 19.6. The maximum Gasteiger partial charge on any atom is 0.303 e. The lowest BCUT2D eigenvalue weighted by molar-refractivity contribution is -0.137. The number of aliphatic carboxylic acids is 1. The molecule has 150 valence electrons. The van der Waals surface area contributed by atoms with Gasteiger partial charge in [0.05, 0.1) is 12.2 Å². The van der Waals surface area contributed by atoms with Crippen LogP contribution >= 0.6 is 0 Å². The van der Waals surface area contributed by atoms with Gasteiger partial charge in [-0.2, -0.15) is 0 Å². The van der Waals surface area contributed by atoms with E-state index in [1.165, 1.54) is 32.1 Å². The number of hydrogen-bond donors (Lipinski definition) is 3. The molecule has 4 heteroatoms. The molecule has 2 atom stereocenters. The molecule has 0 amide bonds. The van der Waals surface area contributed by atoms with E-state index in [-0.39, 0.29) is 18.6 Å². The first-order valence-electron chi connectivity index (χ1n) is 10.6. The lowest BCUT2D eigenvalue weighted by Gasteiger charge is -2.14. The van der Waals surface area contributed by atoms with E-state index in [9.17, 15) is 15.0 Å². The molecule has 0 saturated carbocycles. The van der Waals surface area contributed by atoms with E-state index >= 15 is 0 Å². The van der Waals surface area contributed by atoms with E-state index in [2.05, 4.69) is 6.92 Å². The third-order valence-corrected chi connectivity index (χ3v) is 4.90. The fourth-order valence-corrected chi connectivity index (χ4v) is 3.20. The molecular weight excluding hydrogens is 316 g/mol. The second kappa shape index (κ2) is 18.2. The number of carbonyl (C=O) groups is 1. The first-order valence-corrected chi connectivity index (χ1v) is 10.6. The lowest BCUT2D eigenvalue weighted by atomic mass is 10.00. The van der Waals surface area contributed by atoms with Gasteiger partial charge in [0.25, 0.3) is 0 Å². The summed E-state index contributed by atoms with van der Waals surface area (Å²) in [6.45, 7) is 2.21. The summed E-state index contributed by atoms with van der Waals surface area (Å²) < 4.78 is 0. The molecule has 0 aliphatic rings. The lowest BCUT2D eigenvalue weighted by Crippen LogP contribution is -2.13. The molecule has 0 bridgehead atoms. The topological polar surface area (TPSA) is 77.8 Å². The van der Waals surface area contributed by atoms with Gasteiger partial charge in [0.15, 0.2) is 0 Å². The van der Waals surface area contributed by atoms with E-state index in [0.29, 0.717) is 6.42 Å². The summed E-state index contributed by atoms with van der Waals surface area (Å²) in [6.07, 6.45) is 16.4. The molecule has 0 radical (unpaired) electrons. The highest BCUT2D eigenvalue weighted by Gasteiger charge is 2.09. The van der Waals surface area contributed by atoms with Crippen LogP contribution in [0, 0.1) is 0 Å². The maximum atomic E-state index is 10.4. The van der Waals surface area contributed by atoms with Gasteiger partial charge in [0.2, 0.25) is 0 Å². The number of carboxylic acids is 1. The zero-order chi connectivity index (χ0) is 18.8. The van der Waals surface area contributed by atoms with Crippen LogP contribution in [0.2, 0.25) is 0 Å². The minimum Gasteiger partial charge on any atom is -0.481 e. The van der Waals surface area contributed by atoms with Gasteiger partial charge in [-0.1, -0.05) is 77.6 Å². The quantitative estimate of drug-likeness (QED) is 0.268. The SMILES string of the molecule is CCCCCCCC(O)CCC(O)CCCCCCCCCC(=O)O. The van der Waals surface area contributed by atoms with Crippen molar-refractivity contribution in [2.75, 3.05) is 0 Å². The first-order chi connectivity index (χ1) is 12.1. The highest BCUT2D eigenvalue weighted by atomic mass is 16.4. The summed E-state index contributed by atoms with van der Waals surface area (Å²) in [7, 11) is 0. The number of rotatable bonds is 19. The van der Waals surface area contributed by atoms with Gasteiger partial charge >= 0.3 is 5.97 Å². The van der Waals surface area contributed by atoms with E-state index in [1.807, 2.05) is 0 Å². The molecule has 2 unspecified atom stereocenters. The number of aliphatic hydroxyl groups excluding tert-OH is 2. The fraction of sp³-hybridized carbons (Fsp3) is 0.952. The Labute approximate surface area is 155 Å².